The fourth-order valence-electron chi connectivity index (χ4n) is 5.93. The van der Waals surface area contributed by atoms with Gasteiger partial charge < -0.3 is 0 Å². The molecule has 3 heteroatoms. The van der Waals surface area contributed by atoms with E-state index in [1.54, 1.807) is 0 Å². The molecule has 39 heavy (non-hydrogen) atoms. The van der Waals surface area contributed by atoms with E-state index < -0.39 is 5.24 Å². The second kappa shape index (κ2) is 33.5. The quantitative estimate of drug-likeness (QED) is 0.0434. The van der Waals surface area contributed by atoms with Gasteiger partial charge in [0.2, 0.25) is 0 Å². The lowest BCUT2D eigenvalue weighted by Crippen LogP contribution is -1.92. The highest BCUT2D eigenvalue weighted by Gasteiger charge is 2.10. The largest absolute Gasteiger partial charge is 0.141 e. The summed E-state index contributed by atoms with van der Waals surface area (Å²) in [7, 11) is 0. The van der Waals surface area contributed by atoms with Crippen molar-refractivity contribution in [3.8, 4) is 0 Å². The standard InChI is InChI=1S/C36H75PS2/c1-3-5-7-9-11-13-15-17-19-21-23-25-27-29-31-33-35-37(38,39)36-34-32-30-28-26-24-22-20-18-16-14-12-10-8-6-4-2/h3-36H2,1-2H3,(H,38,39). The van der Waals surface area contributed by atoms with Crippen LogP contribution in [0.3, 0.4) is 0 Å². The molecule has 0 nitrogen and oxygen atoms in total. The number of unbranched alkanes of at least 4 members (excludes halogenated alkanes) is 30. The highest BCUT2D eigenvalue weighted by molar-refractivity contribution is 8.63. The van der Waals surface area contributed by atoms with Crippen LogP contribution in [0.4, 0.5) is 0 Å². The number of hydrogen-bond acceptors (Lipinski definition) is 1. The Morgan fingerprint density at radius 3 is 0.641 bits per heavy atom. The van der Waals surface area contributed by atoms with Crippen molar-refractivity contribution in [2.75, 3.05) is 12.3 Å². The maximum Gasteiger partial charge on any atom is 0.00343 e. The van der Waals surface area contributed by atoms with E-state index >= 15 is 0 Å². The Morgan fingerprint density at radius 2 is 0.462 bits per heavy atom. The van der Waals surface area contributed by atoms with Crippen molar-refractivity contribution in [3.05, 3.63) is 0 Å². The van der Waals surface area contributed by atoms with Crippen LogP contribution in [-0.2, 0) is 11.8 Å². The molecule has 0 fully saturated rings. The molecule has 0 unspecified atom stereocenters. The molecule has 0 N–H and O–H groups in total. The molecule has 0 aromatic rings. The van der Waals surface area contributed by atoms with Crippen LogP contribution in [-0.4, -0.2) is 12.3 Å². The molecular weight excluding hydrogens is 528 g/mol. The summed E-state index contributed by atoms with van der Waals surface area (Å²) in [5.41, 5.74) is 0. The minimum atomic E-state index is -1.34. The maximum absolute atomic E-state index is 5.93. The second-order valence-electron chi connectivity index (χ2n) is 12.9. The molecule has 0 bridgehead atoms. The average molecular weight is 603 g/mol. The first kappa shape index (κ1) is 40.0. The summed E-state index contributed by atoms with van der Waals surface area (Å²) in [6, 6.07) is 0. The van der Waals surface area contributed by atoms with E-state index in [-0.39, 0.29) is 0 Å². The SMILES string of the molecule is CCCCCCCCCCCCCCCCCCP(=S)(S)CCCCCCCCCCCCCCCCCC. The van der Waals surface area contributed by atoms with Crippen molar-refractivity contribution in [1.82, 2.24) is 0 Å². The van der Waals surface area contributed by atoms with Crippen LogP contribution in [0.2, 0.25) is 0 Å². The Morgan fingerprint density at radius 1 is 0.308 bits per heavy atom. The van der Waals surface area contributed by atoms with E-state index in [0.29, 0.717) is 0 Å². The van der Waals surface area contributed by atoms with Gasteiger partial charge in [-0.25, -0.2) is 0 Å². The average Bonchev–Trinajstić information content (AvgIpc) is 2.92. The van der Waals surface area contributed by atoms with Gasteiger partial charge in [0.05, 0.1) is 0 Å². The molecule has 0 rings (SSSR count). The van der Waals surface area contributed by atoms with Crippen molar-refractivity contribution in [2.45, 2.75) is 219 Å². The summed E-state index contributed by atoms with van der Waals surface area (Å²) in [6.45, 7) is 4.61. The smallest absolute Gasteiger partial charge is 0.00343 e. The molecule has 0 aliphatic heterocycles. The first-order valence-corrected chi connectivity index (χ1v) is 22.8. The van der Waals surface area contributed by atoms with E-state index in [1.165, 1.54) is 218 Å². The molecular formula is C36H75PS2. The molecule has 0 amide bonds. The molecule has 0 heterocycles. The van der Waals surface area contributed by atoms with Gasteiger partial charge in [-0.2, -0.15) is 0 Å². The van der Waals surface area contributed by atoms with E-state index in [9.17, 15) is 0 Å². The Kier molecular flexibility index (Phi) is 34.4. The summed E-state index contributed by atoms with van der Waals surface area (Å²) >= 11 is 10.9. The predicted octanol–water partition coefficient (Wildman–Crippen LogP) is 14.8. The van der Waals surface area contributed by atoms with Gasteiger partial charge in [-0.15, -0.1) is 12.2 Å². The summed E-state index contributed by atoms with van der Waals surface area (Å²) < 4.78 is 0. The third kappa shape index (κ3) is 35.1. The minimum absolute atomic E-state index is 1.24. The van der Waals surface area contributed by atoms with Gasteiger partial charge in [0.15, 0.2) is 0 Å². The van der Waals surface area contributed by atoms with Crippen molar-refractivity contribution in [1.29, 1.82) is 0 Å². The first-order chi connectivity index (χ1) is 19.1. The van der Waals surface area contributed by atoms with Crippen LogP contribution in [0.25, 0.3) is 0 Å². The molecule has 0 aliphatic carbocycles. The van der Waals surface area contributed by atoms with Gasteiger partial charge in [-0.05, 0) is 25.2 Å². The first-order valence-electron chi connectivity index (χ1n) is 18.4. The van der Waals surface area contributed by atoms with Crippen LogP contribution in [0.1, 0.15) is 219 Å². The summed E-state index contributed by atoms with van der Waals surface area (Å²) in [5.74, 6) is 0. The summed E-state index contributed by atoms with van der Waals surface area (Å²) in [5, 5.41) is -1.34. The fraction of sp³-hybridized carbons (Fsp3) is 1.00. The third-order valence-corrected chi connectivity index (χ3v) is 13.0. The highest BCUT2D eigenvalue weighted by atomic mass is 32.9. The lowest BCUT2D eigenvalue weighted by molar-refractivity contribution is 0.531. The Bertz CT molecular complexity index is 452. The molecule has 0 aliphatic rings. The molecule has 0 saturated carbocycles. The zero-order valence-electron chi connectivity index (χ0n) is 27.3. The zero-order chi connectivity index (χ0) is 28.5. The number of rotatable bonds is 34. The molecule has 0 saturated heterocycles. The third-order valence-electron chi connectivity index (χ3n) is 8.72. The van der Waals surface area contributed by atoms with E-state index in [0.717, 1.165) is 0 Å². The maximum atomic E-state index is 5.93. The molecule has 0 aromatic carbocycles. The lowest BCUT2D eigenvalue weighted by atomic mass is 10.0. The van der Waals surface area contributed by atoms with Crippen LogP contribution >= 0.6 is 17.5 Å². The lowest BCUT2D eigenvalue weighted by Gasteiger charge is -2.15. The van der Waals surface area contributed by atoms with Crippen LogP contribution in [0, 0.1) is 0 Å². The summed E-state index contributed by atoms with van der Waals surface area (Å²) in [4.78, 5) is 0. The molecule has 0 aromatic heterocycles. The van der Waals surface area contributed by atoms with Gasteiger partial charge in [0.1, 0.15) is 0 Å². The fourth-order valence-corrected chi connectivity index (χ4v) is 9.21. The monoisotopic (exact) mass is 603 g/mol. The van der Waals surface area contributed by atoms with Gasteiger partial charge >= 0.3 is 0 Å². The normalized spacial score (nSPS) is 12.0. The second-order valence-corrected chi connectivity index (χ2v) is 20.7. The Hall–Kier alpha value is 1.00. The van der Waals surface area contributed by atoms with Gasteiger partial charge in [0, 0.05) is 5.24 Å². The summed E-state index contributed by atoms with van der Waals surface area (Å²) in [6.07, 6.45) is 48.5. The Balaban J connectivity index is 3.27. The molecule has 236 valence electrons. The van der Waals surface area contributed by atoms with Crippen LogP contribution in [0.5, 0.6) is 0 Å². The van der Waals surface area contributed by atoms with Crippen LogP contribution < -0.4 is 0 Å². The minimum Gasteiger partial charge on any atom is -0.141 e. The number of hydrogen-bond donors (Lipinski definition) is 1. The van der Waals surface area contributed by atoms with Crippen LogP contribution in [0.15, 0.2) is 0 Å². The Labute approximate surface area is 260 Å². The highest BCUT2D eigenvalue weighted by Crippen LogP contribution is 2.52. The van der Waals surface area contributed by atoms with E-state index in [1.807, 2.05) is 0 Å². The van der Waals surface area contributed by atoms with Crippen molar-refractivity contribution in [2.24, 2.45) is 0 Å². The molecule has 0 atom stereocenters. The van der Waals surface area contributed by atoms with Gasteiger partial charge in [0.25, 0.3) is 0 Å². The molecule has 0 spiro atoms. The predicted molar refractivity (Wildman–Crippen MR) is 192 cm³/mol. The van der Waals surface area contributed by atoms with Gasteiger partial charge in [-0.3, -0.25) is 0 Å². The van der Waals surface area contributed by atoms with E-state index in [4.69, 9.17) is 24.1 Å². The molecule has 0 radical (unpaired) electrons. The van der Waals surface area contributed by atoms with Crippen molar-refractivity contribution >= 4 is 29.3 Å². The zero-order valence-corrected chi connectivity index (χ0v) is 29.9. The van der Waals surface area contributed by atoms with Crippen molar-refractivity contribution < 1.29 is 0 Å². The number of thiol groups is 1. The van der Waals surface area contributed by atoms with Gasteiger partial charge in [-0.1, -0.05) is 218 Å². The topological polar surface area (TPSA) is 0 Å². The van der Waals surface area contributed by atoms with Crippen molar-refractivity contribution in [3.63, 3.8) is 0 Å². The van der Waals surface area contributed by atoms with E-state index in [2.05, 4.69) is 13.8 Å².